The Hall–Kier alpha value is -4.20. The number of hydrogen-bond donors (Lipinski definition) is 6. The summed E-state index contributed by atoms with van der Waals surface area (Å²) in [7, 11) is 0. The predicted octanol–water partition coefficient (Wildman–Crippen LogP) is 19.5. The van der Waals surface area contributed by atoms with Crippen molar-refractivity contribution >= 4 is 11.9 Å². The van der Waals surface area contributed by atoms with Crippen LogP contribution in [-0.2, 0) is 23.8 Å². The average molecular weight is 1270 g/mol. The van der Waals surface area contributed by atoms with Gasteiger partial charge in [0, 0.05) is 6.42 Å². The van der Waals surface area contributed by atoms with Crippen LogP contribution in [0.5, 0.6) is 0 Å². The van der Waals surface area contributed by atoms with Crippen LogP contribution in [0.2, 0.25) is 0 Å². The van der Waals surface area contributed by atoms with Crippen LogP contribution in [0.15, 0.2) is 134 Å². The molecule has 8 atom stereocenters. The highest BCUT2D eigenvalue weighted by molar-refractivity contribution is 5.80. The maximum Gasteiger partial charge on any atom is 0.306 e. The van der Waals surface area contributed by atoms with E-state index in [2.05, 4.69) is 148 Å². The quantitative estimate of drug-likeness (QED) is 0.0195. The Morgan fingerprint density at radius 3 is 1.21 bits per heavy atom. The zero-order valence-electron chi connectivity index (χ0n) is 57.9. The van der Waals surface area contributed by atoms with Crippen LogP contribution in [0.3, 0.4) is 0 Å². The third-order valence-electron chi connectivity index (χ3n) is 16.5. The minimum absolute atomic E-state index is 0.0982. The second kappa shape index (κ2) is 65.8. The van der Waals surface area contributed by atoms with Crippen LogP contribution < -0.4 is 5.32 Å². The molecule has 0 aromatic carbocycles. The van der Waals surface area contributed by atoms with E-state index in [0.717, 1.165) is 148 Å². The number of ether oxygens (including phenoxy) is 3. The van der Waals surface area contributed by atoms with E-state index in [9.17, 15) is 35.1 Å². The molecule has 6 N–H and O–H groups in total. The first kappa shape index (κ1) is 84.8. The van der Waals surface area contributed by atoms with E-state index in [0.29, 0.717) is 12.8 Å². The molecule has 0 spiro atoms. The molecule has 1 aliphatic heterocycles. The number of esters is 1. The van der Waals surface area contributed by atoms with E-state index in [1.165, 1.54) is 103 Å². The topological polar surface area (TPSA) is 175 Å². The van der Waals surface area contributed by atoms with Gasteiger partial charge in [-0.05, 0) is 122 Å². The lowest BCUT2D eigenvalue weighted by atomic mass is 9.99. The Labute approximate surface area is 556 Å². The molecule has 8 unspecified atom stereocenters. The molecule has 11 heteroatoms. The molecular formula is C80H135NO10. The largest absolute Gasteiger partial charge is 0.454 e. The summed E-state index contributed by atoms with van der Waals surface area (Å²) in [5.41, 5.74) is 0. The lowest BCUT2D eigenvalue weighted by Gasteiger charge is -2.41. The van der Waals surface area contributed by atoms with E-state index < -0.39 is 67.4 Å². The fourth-order valence-electron chi connectivity index (χ4n) is 10.8. The number of aliphatic hydroxyl groups excluding tert-OH is 5. The van der Waals surface area contributed by atoms with Gasteiger partial charge in [-0.2, -0.15) is 0 Å². The third kappa shape index (κ3) is 52.8. The number of hydrogen-bond acceptors (Lipinski definition) is 10. The van der Waals surface area contributed by atoms with Crippen molar-refractivity contribution < 1.29 is 49.3 Å². The highest BCUT2D eigenvalue weighted by Crippen LogP contribution is 2.26. The molecule has 0 aliphatic carbocycles. The van der Waals surface area contributed by atoms with Crippen molar-refractivity contribution in [1.29, 1.82) is 0 Å². The smallest absolute Gasteiger partial charge is 0.306 e. The number of carbonyl (C=O) groups is 2. The number of aliphatic hydroxyl groups is 5. The summed E-state index contributed by atoms with van der Waals surface area (Å²) in [5, 5.41) is 57.3. The molecule has 1 rings (SSSR count). The molecule has 1 amide bonds. The molecule has 0 radical (unpaired) electrons. The average Bonchev–Trinajstić information content (AvgIpc) is 1.09. The lowest BCUT2D eigenvalue weighted by molar-refractivity contribution is -0.305. The number of amides is 1. The molecule has 0 aromatic rings. The summed E-state index contributed by atoms with van der Waals surface area (Å²) in [6.45, 7) is 5.66. The fraction of sp³-hybridized carbons (Fsp3) is 0.700. The zero-order valence-corrected chi connectivity index (χ0v) is 57.9. The van der Waals surface area contributed by atoms with Crippen LogP contribution in [0, 0.1) is 0 Å². The summed E-state index contributed by atoms with van der Waals surface area (Å²) in [5.74, 6) is -1.22. The number of carbonyl (C=O) groups excluding carboxylic acids is 2. The molecule has 11 nitrogen and oxygen atoms in total. The van der Waals surface area contributed by atoms with E-state index in [-0.39, 0.29) is 19.4 Å². The van der Waals surface area contributed by atoms with Gasteiger partial charge in [-0.1, -0.05) is 302 Å². The van der Waals surface area contributed by atoms with Gasteiger partial charge in [0.05, 0.1) is 25.4 Å². The van der Waals surface area contributed by atoms with Crippen LogP contribution in [0.4, 0.5) is 0 Å². The molecule has 0 saturated carbocycles. The second-order valence-electron chi connectivity index (χ2n) is 24.9. The molecule has 1 aliphatic rings. The summed E-state index contributed by atoms with van der Waals surface area (Å²) in [6, 6.07) is -1.04. The summed E-state index contributed by atoms with van der Waals surface area (Å²) >= 11 is 0. The SMILES string of the molecule is CC/C=C\C/C=C\C/C=C\C/C=C\C/C=C\C/C=C\CCCCCCCCC(=O)OC1C(OCC(NC(=O)C(O)CCCCCCCCCC/C=C\C/C=C\C/C=C\C/C=C\CCCCC)C(O)/C=C/CCCCCCCCCCCCC)OC(CO)C(O)C1O. The molecule has 1 saturated heterocycles. The Morgan fingerprint density at radius 2 is 0.791 bits per heavy atom. The zero-order chi connectivity index (χ0) is 66.0. The van der Waals surface area contributed by atoms with Gasteiger partial charge in [-0.25, -0.2) is 0 Å². The Kier molecular flexibility index (Phi) is 61.4. The maximum absolute atomic E-state index is 13.5. The first-order valence-corrected chi connectivity index (χ1v) is 37.0. The fourth-order valence-corrected chi connectivity index (χ4v) is 10.8. The third-order valence-corrected chi connectivity index (χ3v) is 16.5. The van der Waals surface area contributed by atoms with E-state index >= 15 is 0 Å². The first-order valence-electron chi connectivity index (χ1n) is 37.0. The van der Waals surface area contributed by atoms with Crippen molar-refractivity contribution in [1.82, 2.24) is 5.32 Å². The van der Waals surface area contributed by atoms with E-state index in [1.807, 2.05) is 6.08 Å². The molecule has 0 aromatic heterocycles. The van der Waals surface area contributed by atoms with Crippen LogP contribution in [0.1, 0.15) is 297 Å². The monoisotopic (exact) mass is 1270 g/mol. The number of nitrogens with one attached hydrogen (secondary N) is 1. The van der Waals surface area contributed by atoms with Crippen molar-refractivity contribution in [2.24, 2.45) is 0 Å². The van der Waals surface area contributed by atoms with Gasteiger partial charge in [0.2, 0.25) is 5.91 Å². The van der Waals surface area contributed by atoms with Crippen molar-refractivity contribution in [3.63, 3.8) is 0 Å². The molecule has 520 valence electrons. The second-order valence-corrected chi connectivity index (χ2v) is 24.9. The predicted molar refractivity (Wildman–Crippen MR) is 384 cm³/mol. The van der Waals surface area contributed by atoms with Gasteiger partial charge in [0.25, 0.3) is 0 Å². The molecule has 1 heterocycles. The van der Waals surface area contributed by atoms with Crippen LogP contribution in [-0.4, -0.2) is 99.6 Å². The highest BCUT2D eigenvalue weighted by Gasteiger charge is 2.47. The van der Waals surface area contributed by atoms with Gasteiger partial charge in [-0.15, -0.1) is 0 Å². The summed E-state index contributed by atoms with van der Waals surface area (Å²) in [4.78, 5) is 26.7. The Bertz CT molecular complexity index is 2000. The molecule has 1 fully saturated rings. The highest BCUT2D eigenvalue weighted by atomic mass is 16.7. The van der Waals surface area contributed by atoms with E-state index in [1.54, 1.807) is 6.08 Å². The van der Waals surface area contributed by atoms with Crippen molar-refractivity contribution in [2.75, 3.05) is 13.2 Å². The van der Waals surface area contributed by atoms with Gasteiger partial charge < -0.3 is 45.1 Å². The van der Waals surface area contributed by atoms with Crippen LogP contribution >= 0.6 is 0 Å². The summed E-state index contributed by atoms with van der Waals surface area (Å²) in [6.07, 6.45) is 83.3. The van der Waals surface area contributed by atoms with E-state index in [4.69, 9.17) is 14.2 Å². The minimum atomic E-state index is -1.63. The molecule has 91 heavy (non-hydrogen) atoms. The molecule has 0 bridgehead atoms. The van der Waals surface area contributed by atoms with Crippen molar-refractivity contribution in [3.8, 4) is 0 Å². The maximum atomic E-state index is 13.5. The van der Waals surface area contributed by atoms with Crippen molar-refractivity contribution in [2.45, 2.75) is 346 Å². The van der Waals surface area contributed by atoms with Gasteiger partial charge in [0.1, 0.15) is 24.4 Å². The van der Waals surface area contributed by atoms with Gasteiger partial charge >= 0.3 is 5.97 Å². The normalized spacial score (nSPS) is 18.8. The number of rotatable bonds is 62. The van der Waals surface area contributed by atoms with Crippen molar-refractivity contribution in [3.05, 3.63) is 134 Å². The lowest BCUT2D eigenvalue weighted by Crippen LogP contribution is -2.61. The number of allylic oxidation sites excluding steroid dienone is 21. The standard InChI is InChI=1S/C80H135NO10/c1-4-7-10-13-16-19-22-25-27-29-31-33-35-37-39-41-43-45-47-50-53-56-59-62-65-68-75(85)91-78-77(87)76(86)74(69-82)90-80(78)89-70-71(72(83)66-63-60-57-54-51-48-24-21-18-15-12-9-6-3)81-79(88)73(84)67-64-61-58-55-52-49-46-44-42-40-38-36-34-32-30-28-26-23-20-17-14-11-8-5-2/h7,10,16-17,19-20,25-28,31-34,37-40,43,45,63,66,71-74,76-78,80,82-84,86-87H,4-6,8-9,11-15,18,21-24,29-30,35-36,41-42,44,46-62,64-65,67-70H2,1-3H3,(H,81,88)/b10-7-,19-16-,20-17-,27-25-,28-26-,33-31-,34-32-,39-37-,40-38-,45-43-,66-63+. The Morgan fingerprint density at radius 1 is 0.440 bits per heavy atom. The van der Waals surface area contributed by atoms with Gasteiger partial charge in [0.15, 0.2) is 12.4 Å². The summed E-state index contributed by atoms with van der Waals surface area (Å²) < 4.78 is 17.7. The van der Waals surface area contributed by atoms with Gasteiger partial charge in [-0.3, -0.25) is 9.59 Å². The van der Waals surface area contributed by atoms with Crippen LogP contribution in [0.25, 0.3) is 0 Å². The molecular weight excluding hydrogens is 1130 g/mol. The number of unbranched alkanes of at least 4 members (excludes halogenated alkanes) is 28. The first-order chi connectivity index (χ1) is 44.7. The Balaban J connectivity index is 2.60. The minimum Gasteiger partial charge on any atom is -0.454 e.